The highest BCUT2D eigenvalue weighted by atomic mass is 32.2. The van der Waals surface area contributed by atoms with Gasteiger partial charge in [-0.2, -0.15) is 9.57 Å². The Hall–Kier alpha value is -2.83. The largest absolute Gasteiger partial charge is 0.337 e. The van der Waals surface area contributed by atoms with Crippen molar-refractivity contribution in [3.63, 3.8) is 0 Å². The molecule has 1 unspecified atom stereocenters. The van der Waals surface area contributed by atoms with E-state index in [0.717, 1.165) is 17.7 Å². The summed E-state index contributed by atoms with van der Waals surface area (Å²) in [5.74, 6) is -2.16. The summed E-state index contributed by atoms with van der Waals surface area (Å²) in [7, 11) is -3.55. The molecule has 0 saturated carbocycles. The number of rotatable bonds is 9. The van der Waals surface area contributed by atoms with Crippen LogP contribution in [0.3, 0.4) is 0 Å². The molecule has 0 aliphatic carbocycles. The molecule has 2 aromatic carbocycles. The average molecular weight is 435 g/mol. The number of nitriles is 1. The lowest BCUT2D eigenvalue weighted by molar-refractivity contribution is -0.121. The van der Waals surface area contributed by atoms with Crippen molar-refractivity contribution in [2.24, 2.45) is 0 Å². The Morgan fingerprint density at radius 1 is 1.13 bits per heavy atom. The number of hydrogen-bond acceptors (Lipinski definition) is 4. The van der Waals surface area contributed by atoms with Gasteiger partial charge in [0.1, 0.15) is 17.7 Å². The highest BCUT2D eigenvalue weighted by Crippen LogP contribution is 2.19. The lowest BCUT2D eigenvalue weighted by Crippen LogP contribution is -2.30. The van der Waals surface area contributed by atoms with E-state index in [1.807, 2.05) is 0 Å². The van der Waals surface area contributed by atoms with Crippen LogP contribution in [0.5, 0.6) is 0 Å². The Morgan fingerprint density at radius 2 is 1.77 bits per heavy atom. The van der Waals surface area contributed by atoms with Crippen molar-refractivity contribution in [2.75, 3.05) is 13.1 Å². The predicted octanol–water partition coefficient (Wildman–Crippen LogP) is 3.31. The first-order chi connectivity index (χ1) is 14.2. The van der Waals surface area contributed by atoms with Gasteiger partial charge < -0.3 is 5.32 Å². The lowest BCUT2D eigenvalue weighted by atomic mass is 10.1. The average Bonchev–Trinajstić information content (AvgIpc) is 2.72. The van der Waals surface area contributed by atoms with Crippen molar-refractivity contribution >= 4 is 15.9 Å². The van der Waals surface area contributed by atoms with E-state index in [2.05, 4.69) is 5.32 Å². The Kier molecular flexibility index (Phi) is 8.03. The molecule has 1 atom stereocenters. The van der Waals surface area contributed by atoms with Gasteiger partial charge in [-0.05, 0) is 30.2 Å². The first-order valence-corrected chi connectivity index (χ1v) is 10.9. The summed E-state index contributed by atoms with van der Waals surface area (Å²) in [5, 5.41) is 11.6. The maximum Gasteiger partial charge on any atom is 0.243 e. The van der Waals surface area contributed by atoms with E-state index in [4.69, 9.17) is 0 Å². The minimum absolute atomic E-state index is 0.0170. The number of halogens is 2. The molecule has 0 aromatic heterocycles. The third kappa shape index (κ3) is 5.62. The second-order valence-corrected chi connectivity index (χ2v) is 8.47. The van der Waals surface area contributed by atoms with Crippen LogP contribution in [0.25, 0.3) is 0 Å². The molecule has 0 heterocycles. The number of sulfonamides is 1. The SMILES string of the molecule is CCN(CC)S(=O)(=O)c1ccc(CCC(=O)NC(C#N)c2ccc(F)cc2F)cc1. The third-order valence-electron chi connectivity index (χ3n) is 4.62. The van der Waals surface area contributed by atoms with Crippen molar-refractivity contribution < 1.29 is 22.0 Å². The van der Waals surface area contributed by atoms with Gasteiger partial charge in [0.25, 0.3) is 0 Å². The van der Waals surface area contributed by atoms with E-state index < -0.39 is 33.6 Å². The summed E-state index contributed by atoms with van der Waals surface area (Å²) in [6.45, 7) is 4.27. The standard InChI is InChI=1S/C21H23F2N3O3S/c1-3-26(4-2)30(28,29)17-9-5-15(6-10-17)7-12-21(27)25-20(14-24)18-11-8-16(22)13-19(18)23/h5-6,8-11,13,20H,3-4,7,12H2,1-2H3,(H,25,27). The molecule has 2 aromatic rings. The number of aryl methyl sites for hydroxylation is 1. The maximum absolute atomic E-state index is 13.8. The van der Waals surface area contributed by atoms with Crippen LogP contribution in [0.1, 0.15) is 37.4 Å². The van der Waals surface area contributed by atoms with Gasteiger partial charge in [0.05, 0.1) is 11.0 Å². The van der Waals surface area contributed by atoms with Gasteiger partial charge in [0.15, 0.2) is 0 Å². The number of carbonyl (C=O) groups is 1. The summed E-state index contributed by atoms with van der Waals surface area (Å²) in [4.78, 5) is 12.3. The molecule has 0 bridgehead atoms. The molecule has 0 saturated heterocycles. The molecule has 0 radical (unpaired) electrons. The van der Waals surface area contributed by atoms with Crippen LogP contribution in [-0.2, 0) is 21.2 Å². The smallest absolute Gasteiger partial charge is 0.243 e. The normalized spacial score (nSPS) is 12.4. The minimum atomic E-state index is -3.55. The second kappa shape index (κ2) is 10.3. The van der Waals surface area contributed by atoms with Gasteiger partial charge in [-0.1, -0.05) is 32.0 Å². The first-order valence-electron chi connectivity index (χ1n) is 9.45. The van der Waals surface area contributed by atoms with E-state index >= 15 is 0 Å². The molecule has 0 aliphatic rings. The fourth-order valence-electron chi connectivity index (χ4n) is 2.95. The summed E-state index contributed by atoms with van der Waals surface area (Å²) in [6.07, 6.45) is 0.324. The maximum atomic E-state index is 13.8. The molecule has 6 nitrogen and oxygen atoms in total. The van der Waals surface area contributed by atoms with Crippen LogP contribution in [-0.4, -0.2) is 31.7 Å². The second-order valence-electron chi connectivity index (χ2n) is 6.53. The quantitative estimate of drug-likeness (QED) is 0.654. The highest BCUT2D eigenvalue weighted by molar-refractivity contribution is 7.89. The fraction of sp³-hybridized carbons (Fsp3) is 0.333. The number of amides is 1. The molecule has 1 amide bonds. The molecule has 9 heteroatoms. The Balaban J connectivity index is 2.00. The van der Waals surface area contributed by atoms with Crippen molar-refractivity contribution in [3.05, 3.63) is 65.2 Å². The van der Waals surface area contributed by atoms with E-state index in [9.17, 15) is 27.3 Å². The number of carbonyl (C=O) groups excluding carboxylic acids is 1. The van der Waals surface area contributed by atoms with Crippen molar-refractivity contribution in [1.82, 2.24) is 9.62 Å². The first kappa shape index (κ1) is 23.4. The number of nitrogens with zero attached hydrogens (tertiary/aromatic N) is 2. The monoisotopic (exact) mass is 435 g/mol. The molecule has 30 heavy (non-hydrogen) atoms. The number of hydrogen-bond donors (Lipinski definition) is 1. The molecule has 2 rings (SSSR count). The molecule has 0 aliphatic heterocycles. The summed E-state index contributed by atoms with van der Waals surface area (Å²) in [6, 6.07) is 9.59. The molecule has 0 spiro atoms. The van der Waals surface area contributed by atoms with Crippen LogP contribution in [0.15, 0.2) is 47.4 Å². The van der Waals surface area contributed by atoms with E-state index in [0.29, 0.717) is 25.6 Å². The van der Waals surface area contributed by atoms with Crippen molar-refractivity contribution in [3.8, 4) is 6.07 Å². The van der Waals surface area contributed by atoms with Crippen LogP contribution >= 0.6 is 0 Å². The topological polar surface area (TPSA) is 90.3 Å². The molecule has 160 valence electrons. The van der Waals surface area contributed by atoms with Gasteiger partial charge in [-0.15, -0.1) is 0 Å². The minimum Gasteiger partial charge on any atom is -0.337 e. The van der Waals surface area contributed by atoms with Crippen LogP contribution in [0.4, 0.5) is 8.78 Å². The van der Waals surface area contributed by atoms with Gasteiger partial charge in [-0.25, -0.2) is 17.2 Å². The van der Waals surface area contributed by atoms with Gasteiger partial charge in [-0.3, -0.25) is 4.79 Å². The number of nitrogens with one attached hydrogen (secondary N) is 1. The lowest BCUT2D eigenvalue weighted by Gasteiger charge is -2.18. The molecule has 1 N–H and O–H groups in total. The van der Waals surface area contributed by atoms with Crippen molar-refractivity contribution in [1.29, 1.82) is 5.26 Å². The molecule has 0 fully saturated rings. The fourth-order valence-corrected chi connectivity index (χ4v) is 4.40. The van der Waals surface area contributed by atoms with Crippen LogP contribution < -0.4 is 5.32 Å². The van der Waals surface area contributed by atoms with E-state index in [1.165, 1.54) is 16.4 Å². The summed E-state index contributed by atoms with van der Waals surface area (Å²) < 4.78 is 53.2. The number of benzene rings is 2. The zero-order valence-electron chi connectivity index (χ0n) is 16.7. The summed E-state index contributed by atoms with van der Waals surface area (Å²) >= 11 is 0. The Morgan fingerprint density at radius 3 is 2.30 bits per heavy atom. The highest BCUT2D eigenvalue weighted by Gasteiger charge is 2.21. The van der Waals surface area contributed by atoms with Gasteiger partial charge in [0, 0.05) is 31.1 Å². The Labute approximate surface area is 175 Å². The summed E-state index contributed by atoms with van der Waals surface area (Å²) in [5.41, 5.74) is 0.628. The zero-order valence-corrected chi connectivity index (χ0v) is 17.5. The zero-order chi connectivity index (χ0) is 22.3. The molecular weight excluding hydrogens is 412 g/mol. The van der Waals surface area contributed by atoms with E-state index in [-0.39, 0.29) is 16.9 Å². The van der Waals surface area contributed by atoms with Crippen LogP contribution in [0, 0.1) is 23.0 Å². The molecular formula is C21H23F2N3O3S. The Bertz CT molecular complexity index is 1030. The van der Waals surface area contributed by atoms with Gasteiger partial charge in [0.2, 0.25) is 15.9 Å². The van der Waals surface area contributed by atoms with Crippen LogP contribution in [0.2, 0.25) is 0 Å². The van der Waals surface area contributed by atoms with Crippen molar-refractivity contribution in [2.45, 2.75) is 37.6 Å². The van der Waals surface area contributed by atoms with E-state index in [1.54, 1.807) is 32.0 Å². The third-order valence-corrected chi connectivity index (χ3v) is 6.68. The predicted molar refractivity (Wildman–Crippen MR) is 108 cm³/mol. The van der Waals surface area contributed by atoms with Gasteiger partial charge >= 0.3 is 0 Å².